The van der Waals surface area contributed by atoms with Crippen molar-refractivity contribution in [2.24, 2.45) is 0 Å². The largest absolute Gasteiger partial charge is 0.481 e. The van der Waals surface area contributed by atoms with Crippen molar-refractivity contribution in [1.29, 1.82) is 0 Å². The van der Waals surface area contributed by atoms with Crippen molar-refractivity contribution >= 4 is 23.6 Å². The summed E-state index contributed by atoms with van der Waals surface area (Å²) in [7, 11) is 1.27. The fraction of sp³-hybridized carbons (Fsp3) is 0.320. The standard InChI is InChI=1S/C25H27N3O6/c1-3-15-34-18-12-10-17(11-13-18)23(30)26-21-16-28(14-6-9-22(21)29)25(32)27-20-8-5-4-7-19(20)24(31)33-2/h1,4-5,7-8,10-13,21-22,29H,6,9,14-16H2,2H3,(H,26,30)(H,27,32). The average Bonchev–Trinajstić information content (AvgIpc) is 3.04. The first-order valence-electron chi connectivity index (χ1n) is 10.8. The second-order valence-corrected chi connectivity index (χ2v) is 7.72. The molecule has 178 valence electrons. The highest BCUT2D eigenvalue weighted by Crippen LogP contribution is 2.19. The van der Waals surface area contributed by atoms with Gasteiger partial charge in [-0.05, 0) is 49.2 Å². The Kier molecular flexibility index (Phi) is 8.48. The summed E-state index contributed by atoms with van der Waals surface area (Å²) in [4.78, 5) is 39.2. The van der Waals surface area contributed by atoms with Gasteiger partial charge < -0.3 is 30.1 Å². The van der Waals surface area contributed by atoms with E-state index >= 15 is 0 Å². The minimum Gasteiger partial charge on any atom is -0.481 e. The third-order valence-electron chi connectivity index (χ3n) is 5.43. The zero-order chi connectivity index (χ0) is 24.5. The van der Waals surface area contributed by atoms with Gasteiger partial charge in [-0.3, -0.25) is 4.79 Å². The molecule has 2 unspecified atom stereocenters. The first kappa shape index (κ1) is 24.6. The van der Waals surface area contributed by atoms with Gasteiger partial charge in [0.1, 0.15) is 12.4 Å². The maximum atomic E-state index is 13.0. The number of aliphatic hydroxyl groups is 1. The average molecular weight is 466 g/mol. The van der Waals surface area contributed by atoms with Crippen LogP contribution >= 0.6 is 0 Å². The van der Waals surface area contributed by atoms with Crippen molar-refractivity contribution in [2.75, 3.05) is 32.1 Å². The number of methoxy groups -OCH3 is 1. The molecular formula is C25H27N3O6. The first-order valence-corrected chi connectivity index (χ1v) is 10.8. The molecule has 3 N–H and O–H groups in total. The summed E-state index contributed by atoms with van der Waals surface area (Å²) >= 11 is 0. The molecule has 0 radical (unpaired) electrons. The van der Waals surface area contributed by atoms with Crippen LogP contribution in [0.1, 0.15) is 33.6 Å². The SMILES string of the molecule is C#CCOc1ccc(C(=O)NC2CN(C(=O)Nc3ccccc3C(=O)OC)CCCC2O)cc1. The van der Waals surface area contributed by atoms with Gasteiger partial charge in [-0.15, -0.1) is 6.42 Å². The maximum absolute atomic E-state index is 13.0. The number of hydrogen-bond donors (Lipinski definition) is 3. The number of likely N-dealkylation sites (tertiary alicyclic amines) is 1. The summed E-state index contributed by atoms with van der Waals surface area (Å²) < 4.78 is 10.1. The Bertz CT molecular complexity index is 1060. The molecule has 2 atom stereocenters. The Hall–Kier alpha value is -4.03. The van der Waals surface area contributed by atoms with Crippen LogP contribution in [-0.4, -0.2) is 66.9 Å². The normalized spacial score (nSPS) is 17.6. The summed E-state index contributed by atoms with van der Waals surface area (Å²) in [5.41, 5.74) is 0.928. The maximum Gasteiger partial charge on any atom is 0.339 e. The van der Waals surface area contributed by atoms with Crippen LogP contribution < -0.4 is 15.4 Å². The number of nitrogens with zero attached hydrogens (tertiary/aromatic N) is 1. The third-order valence-corrected chi connectivity index (χ3v) is 5.43. The molecule has 3 rings (SSSR count). The Labute approximate surface area is 198 Å². The number of para-hydroxylation sites is 1. The topological polar surface area (TPSA) is 117 Å². The van der Waals surface area contributed by atoms with E-state index in [-0.39, 0.29) is 24.6 Å². The minimum absolute atomic E-state index is 0.0997. The third kappa shape index (κ3) is 6.27. The van der Waals surface area contributed by atoms with Gasteiger partial charge in [0.25, 0.3) is 5.91 Å². The molecule has 9 nitrogen and oxygen atoms in total. The number of benzene rings is 2. The monoisotopic (exact) mass is 465 g/mol. The molecule has 1 saturated heterocycles. The Morgan fingerprint density at radius 3 is 2.62 bits per heavy atom. The molecule has 1 fully saturated rings. The van der Waals surface area contributed by atoms with E-state index in [2.05, 4.69) is 16.6 Å². The van der Waals surface area contributed by atoms with E-state index in [0.717, 1.165) is 0 Å². The molecule has 3 amide bonds. The molecule has 2 aromatic carbocycles. The summed E-state index contributed by atoms with van der Waals surface area (Å²) in [5, 5.41) is 16.1. The number of amides is 3. The zero-order valence-corrected chi connectivity index (χ0v) is 18.8. The van der Waals surface area contributed by atoms with Gasteiger partial charge in [0, 0.05) is 18.7 Å². The molecule has 0 spiro atoms. The van der Waals surface area contributed by atoms with Crippen LogP contribution in [0.15, 0.2) is 48.5 Å². The molecule has 1 aliphatic rings. The summed E-state index contributed by atoms with van der Waals surface area (Å²) in [6.07, 6.45) is 5.33. The molecule has 1 aliphatic heterocycles. The second kappa shape index (κ2) is 11.7. The van der Waals surface area contributed by atoms with Crippen molar-refractivity contribution in [1.82, 2.24) is 10.2 Å². The van der Waals surface area contributed by atoms with Gasteiger partial charge in [0.15, 0.2) is 0 Å². The predicted octanol–water partition coefficient (Wildman–Crippen LogP) is 2.27. The molecule has 1 heterocycles. The summed E-state index contributed by atoms with van der Waals surface area (Å²) in [6.45, 7) is 0.612. The number of aliphatic hydroxyl groups excluding tert-OH is 1. The second-order valence-electron chi connectivity index (χ2n) is 7.72. The van der Waals surface area contributed by atoms with E-state index in [1.165, 1.54) is 12.0 Å². The Morgan fingerprint density at radius 2 is 1.91 bits per heavy atom. The number of esters is 1. The number of carbonyl (C=O) groups excluding carboxylic acids is 3. The van der Waals surface area contributed by atoms with Crippen LogP contribution in [-0.2, 0) is 4.74 Å². The van der Waals surface area contributed by atoms with Crippen LogP contribution in [0.25, 0.3) is 0 Å². The lowest BCUT2D eigenvalue weighted by Gasteiger charge is -2.27. The lowest BCUT2D eigenvalue weighted by Crippen LogP contribution is -2.50. The Morgan fingerprint density at radius 1 is 1.18 bits per heavy atom. The smallest absolute Gasteiger partial charge is 0.339 e. The number of ether oxygens (including phenoxy) is 2. The van der Waals surface area contributed by atoms with Crippen molar-refractivity contribution < 1.29 is 29.0 Å². The fourth-order valence-electron chi connectivity index (χ4n) is 3.62. The van der Waals surface area contributed by atoms with Gasteiger partial charge in [-0.25, -0.2) is 9.59 Å². The number of nitrogens with one attached hydrogen (secondary N) is 2. The molecule has 9 heteroatoms. The summed E-state index contributed by atoms with van der Waals surface area (Å²) in [5.74, 6) is 1.96. The quantitative estimate of drug-likeness (QED) is 0.445. The zero-order valence-electron chi connectivity index (χ0n) is 18.8. The van der Waals surface area contributed by atoms with Crippen molar-refractivity contribution in [3.63, 3.8) is 0 Å². The van der Waals surface area contributed by atoms with E-state index in [0.29, 0.717) is 36.4 Å². The highest BCUT2D eigenvalue weighted by atomic mass is 16.5. The van der Waals surface area contributed by atoms with Gasteiger partial charge >= 0.3 is 12.0 Å². The number of anilines is 1. The van der Waals surface area contributed by atoms with Gasteiger partial charge in [-0.2, -0.15) is 0 Å². The van der Waals surface area contributed by atoms with Crippen LogP contribution in [0, 0.1) is 12.3 Å². The lowest BCUT2D eigenvalue weighted by molar-refractivity contribution is 0.0601. The highest BCUT2D eigenvalue weighted by molar-refractivity contribution is 6.00. The van der Waals surface area contributed by atoms with Gasteiger partial charge in [0.2, 0.25) is 0 Å². The number of urea groups is 1. The first-order chi connectivity index (χ1) is 16.4. The van der Waals surface area contributed by atoms with Crippen LogP contribution in [0.5, 0.6) is 5.75 Å². The lowest BCUT2D eigenvalue weighted by atomic mass is 10.1. The fourth-order valence-corrected chi connectivity index (χ4v) is 3.62. The number of hydrogen-bond acceptors (Lipinski definition) is 6. The minimum atomic E-state index is -0.817. The molecule has 34 heavy (non-hydrogen) atoms. The van der Waals surface area contributed by atoms with Gasteiger partial charge in [0.05, 0.1) is 30.5 Å². The van der Waals surface area contributed by atoms with Gasteiger partial charge in [-0.1, -0.05) is 18.1 Å². The number of rotatable bonds is 6. The van der Waals surface area contributed by atoms with Crippen LogP contribution in [0.2, 0.25) is 0 Å². The number of carbonyl (C=O) groups is 3. The molecule has 0 bridgehead atoms. The molecule has 0 aliphatic carbocycles. The van der Waals surface area contributed by atoms with Crippen LogP contribution in [0.4, 0.5) is 10.5 Å². The Balaban J connectivity index is 1.67. The van der Waals surface area contributed by atoms with E-state index in [1.54, 1.807) is 48.5 Å². The van der Waals surface area contributed by atoms with Crippen molar-refractivity contribution in [3.8, 4) is 18.1 Å². The number of terminal acetylenes is 1. The molecule has 0 aromatic heterocycles. The molecular weight excluding hydrogens is 438 g/mol. The predicted molar refractivity (Wildman–Crippen MR) is 126 cm³/mol. The summed E-state index contributed by atoms with van der Waals surface area (Å²) in [6, 6.07) is 11.9. The van der Waals surface area contributed by atoms with Crippen molar-refractivity contribution in [2.45, 2.75) is 25.0 Å². The van der Waals surface area contributed by atoms with E-state index in [9.17, 15) is 19.5 Å². The molecule has 0 saturated carbocycles. The van der Waals surface area contributed by atoms with Crippen LogP contribution in [0.3, 0.4) is 0 Å². The van der Waals surface area contributed by atoms with E-state index in [4.69, 9.17) is 15.9 Å². The van der Waals surface area contributed by atoms with E-state index in [1.807, 2.05) is 0 Å². The molecule has 2 aromatic rings. The highest BCUT2D eigenvalue weighted by Gasteiger charge is 2.30. The van der Waals surface area contributed by atoms with Crippen molar-refractivity contribution in [3.05, 3.63) is 59.7 Å². The van der Waals surface area contributed by atoms with E-state index < -0.39 is 24.1 Å².